The molecule has 0 heterocycles. The van der Waals surface area contributed by atoms with Crippen molar-refractivity contribution in [2.75, 3.05) is 5.75 Å². The van der Waals surface area contributed by atoms with E-state index in [0.717, 1.165) is 70.6 Å². The maximum absolute atomic E-state index is 12.3. The van der Waals surface area contributed by atoms with Crippen LogP contribution in [0.5, 0.6) is 0 Å². The largest absolute Gasteiger partial charge is 0.387 e. The molecule has 43 heavy (non-hydrogen) atoms. The van der Waals surface area contributed by atoms with Gasteiger partial charge in [-0.1, -0.05) is 117 Å². The third-order valence-corrected chi connectivity index (χ3v) is 7.01. The summed E-state index contributed by atoms with van der Waals surface area (Å²) in [6.07, 6.45) is 44.2. The van der Waals surface area contributed by atoms with Crippen molar-refractivity contribution in [2.24, 2.45) is 0 Å². The first-order valence-electron chi connectivity index (χ1n) is 15.9. The smallest absolute Gasteiger partial charge is 0.267 e. The van der Waals surface area contributed by atoms with Crippen LogP contribution in [0, 0.1) is 0 Å². The van der Waals surface area contributed by atoms with Crippen molar-refractivity contribution >= 4 is 16.0 Å². The van der Waals surface area contributed by atoms with Crippen LogP contribution in [0.15, 0.2) is 97.2 Å². The molecule has 1 amide bonds. The first-order chi connectivity index (χ1) is 20.8. The number of unbranched alkanes of at least 4 members (excludes halogenated alkanes) is 4. The van der Waals surface area contributed by atoms with Gasteiger partial charge in [0.25, 0.3) is 10.1 Å². The quantitative estimate of drug-likeness (QED) is 0.0513. The van der Waals surface area contributed by atoms with E-state index < -0.39 is 28.0 Å². The van der Waals surface area contributed by atoms with Gasteiger partial charge >= 0.3 is 0 Å². The monoisotopic (exact) mass is 615 g/mol. The Kier molecular flexibility index (Phi) is 27.5. The number of rotatable bonds is 26. The Balaban J connectivity index is 4.12. The molecule has 0 aliphatic rings. The van der Waals surface area contributed by atoms with Gasteiger partial charge in [0, 0.05) is 6.42 Å². The molecule has 0 rings (SSSR count). The number of hydrogen-bond acceptors (Lipinski definition) is 4. The lowest BCUT2D eigenvalue weighted by Gasteiger charge is -2.21. The normalized spacial score (nSPS) is 14.8. The summed E-state index contributed by atoms with van der Waals surface area (Å²) in [5, 5.41) is 13.0. The van der Waals surface area contributed by atoms with Gasteiger partial charge < -0.3 is 10.4 Å². The van der Waals surface area contributed by atoms with Crippen molar-refractivity contribution in [1.82, 2.24) is 5.32 Å². The molecule has 0 aromatic rings. The SMILES string of the molecule is CC/C=C\C/C=C\C/C=C\C/C=C\C/C=C\C/C=C\CCCCC(=O)NC(CS(=O)(=O)O)C(O)/C=C/CC/C=C/CCC. The molecule has 2 atom stereocenters. The summed E-state index contributed by atoms with van der Waals surface area (Å²) >= 11 is 0. The highest BCUT2D eigenvalue weighted by atomic mass is 32.2. The molecule has 3 N–H and O–H groups in total. The minimum absolute atomic E-state index is 0.225. The highest BCUT2D eigenvalue weighted by molar-refractivity contribution is 7.85. The Morgan fingerprint density at radius 2 is 1.12 bits per heavy atom. The average Bonchev–Trinajstić information content (AvgIpc) is 2.96. The molecule has 0 bridgehead atoms. The van der Waals surface area contributed by atoms with E-state index in [-0.39, 0.29) is 12.3 Å². The third-order valence-electron chi connectivity index (χ3n) is 6.23. The van der Waals surface area contributed by atoms with E-state index in [1.807, 2.05) is 0 Å². The molecular weight excluding hydrogens is 558 g/mol. The predicted molar refractivity (Wildman–Crippen MR) is 183 cm³/mol. The molecule has 0 aromatic carbocycles. The van der Waals surface area contributed by atoms with Crippen LogP contribution in [0.1, 0.15) is 104 Å². The topological polar surface area (TPSA) is 104 Å². The summed E-state index contributed by atoms with van der Waals surface area (Å²) in [6, 6.07) is -1.10. The van der Waals surface area contributed by atoms with Crippen LogP contribution in [-0.4, -0.2) is 41.9 Å². The molecule has 0 aliphatic carbocycles. The third kappa shape index (κ3) is 30.5. The van der Waals surface area contributed by atoms with Crippen molar-refractivity contribution in [3.63, 3.8) is 0 Å². The zero-order chi connectivity index (χ0) is 31.9. The summed E-state index contributed by atoms with van der Waals surface area (Å²) in [6.45, 7) is 4.25. The van der Waals surface area contributed by atoms with Gasteiger partial charge in [0.1, 0.15) is 0 Å². The summed E-state index contributed by atoms with van der Waals surface area (Å²) < 4.78 is 32.1. The van der Waals surface area contributed by atoms with Gasteiger partial charge in [-0.2, -0.15) is 8.42 Å². The molecule has 7 heteroatoms. The van der Waals surface area contributed by atoms with Gasteiger partial charge in [0.15, 0.2) is 0 Å². The number of aliphatic hydroxyl groups excluding tert-OH is 1. The second kappa shape index (κ2) is 29.3. The van der Waals surface area contributed by atoms with Gasteiger partial charge in [-0.15, -0.1) is 0 Å². The fourth-order valence-corrected chi connectivity index (χ4v) is 4.62. The summed E-state index contributed by atoms with van der Waals surface area (Å²) in [7, 11) is -4.36. The summed E-state index contributed by atoms with van der Waals surface area (Å²) in [5.41, 5.74) is 0. The number of allylic oxidation sites excluding steroid dienone is 15. The van der Waals surface area contributed by atoms with Gasteiger partial charge in [-0.25, -0.2) is 0 Å². The minimum atomic E-state index is -4.36. The number of carbonyl (C=O) groups excluding carboxylic acids is 1. The van der Waals surface area contributed by atoms with Crippen LogP contribution in [0.3, 0.4) is 0 Å². The lowest BCUT2D eigenvalue weighted by molar-refractivity contribution is -0.122. The second-order valence-corrected chi connectivity index (χ2v) is 11.8. The molecule has 2 unspecified atom stereocenters. The maximum atomic E-state index is 12.3. The van der Waals surface area contributed by atoms with E-state index >= 15 is 0 Å². The summed E-state index contributed by atoms with van der Waals surface area (Å²) in [5.74, 6) is -1.08. The van der Waals surface area contributed by atoms with Gasteiger partial charge in [0.2, 0.25) is 5.91 Å². The minimum Gasteiger partial charge on any atom is -0.387 e. The van der Waals surface area contributed by atoms with Crippen molar-refractivity contribution in [3.8, 4) is 0 Å². The van der Waals surface area contributed by atoms with E-state index in [1.165, 1.54) is 6.08 Å². The Morgan fingerprint density at radius 1 is 0.651 bits per heavy atom. The van der Waals surface area contributed by atoms with Gasteiger partial charge in [-0.05, 0) is 77.0 Å². The van der Waals surface area contributed by atoms with Crippen molar-refractivity contribution in [1.29, 1.82) is 0 Å². The molecule has 0 fully saturated rings. The number of hydrogen-bond donors (Lipinski definition) is 3. The molecule has 0 saturated carbocycles. The van der Waals surface area contributed by atoms with Crippen LogP contribution in [-0.2, 0) is 14.9 Å². The standard InChI is InChI=1S/C36H57NO5S/c1-3-5-7-9-11-12-13-14-15-16-17-18-19-20-21-22-23-24-26-28-30-32-36(39)37-34(33-43(40,41)42)35(38)31-29-27-25-10-8-6-4-2/h5,7-8,10-12,14-15,17-18,20-21,23-24,29,31,34-35,38H,3-4,6,9,13,16,19,22,25-28,30,32-33H2,1-2H3,(H,37,39)(H,40,41,42)/b7-5-,10-8+,12-11-,15-14-,18-17-,21-20-,24-23-,31-29+. The van der Waals surface area contributed by atoms with Crippen molar-refractivity contribution < 1.29 is 22.9 Å². The molecule has 0 spiro atoms. The molecule has 6 nitrogen and oxygen atoms in total. The fourth-order valence-electron chi connectivity index (χ4n) is 3.88. The Hall–Kier alpha value is -2.74. The Bertz CT molecular complexity index is 1030. The lowest BCUT2D eigenvalue weighted by Crippen LogP contribution is -2.46. The highest BCUT2D eigenvalue weighted by Gasteiger charge is 2.24. The first kappa shape index (κ1) is 40.3. The maximum Gasteiger partial charge on any atom is 0.267 e. The van der Waals surface area contributed by atoms with Crippen LogP contribution in [0.4, 0.5) is 0 Å². The molecule has 0 aromatic heterocycles. The molecule has 0 aliphatic heterocycles. The van der Waals surface area contributed by atoms with Crippen molar-refractivity contribution in [2.45, 2.75) is 116 Å². The zero-order valence-electron chi connectivity index (χ0n) is 26.5. The van der Waals surface area contributed by atoms with E-state index in [1.54, 1.807) is 6.08 Å². The molecule has 0 radical (unpaired) electrons. The fraction of sp³-hybridized carbons (Fsp3) is 0.528. The van der Waals surface area contributed by atoms with Crippen LogP contribution < -0.4 is 5.32 Å². The van der Waals surface area contributed by atoms with E-state index in [4.69, 9.17) is 0 Å². The summed E-state index contributed by atoms with van der Waals surface area (Å²) in [4.78, 5) is 12.3. The Morgan fingerprint density at radius 3 is 1.63 bits per heavy atom. The zero-order valence-corrected chi connectivity index (χ0v) is 27.3. The number of aliphatic hydroxyl groups is 1. The predicted octanol–water partition coefficient (Wildman–Crippen LogP) is 8.67. The van der Waals surface area contributed by atoms with Crippen LogP contribution >= 0.6 is 0 Å². The average molecular weight is 616 g/mol. The Labute approximate surface area is 262 Å². The first-order valence-corrected chi connectivity index (χ1v) is 17.5. The van der Waals surface area contributed by atoms with Crippen LogP contribution in [0.2, 0.25) is 0 Å². The number of carbonyl (C=O) groups is 1. The van der Waals surface area contributed by atoms with Gasteiger partial charge in [0.05, 0.1) is 17.9 Å². The molecule has 242 valence electrons. The van der Waals surface area contributed by atoms with Crippen molar-refractivity contribution in [3.05, 3.63) is 97.2 Å². The lowest BCUT2D eigenvalue weighted by atomic mass is 10.1. The number of nitrogens with one attached hydrogen (secondary N) is 1. The van der Waals surface area contributed by atoms with E-state index in [9.17, 15) is 22.9 Å². The van der Waals surface area contributed by atoms with E-state index in [0.29, 0.717) is 12.8 Å². The number of amides is 1. The second-order valence-electron chi connectivity index (χ2n) is 10.3. The van der Waals surface area contributed by atoms with Crippen LogP contribution in [0.25, 0.3) is 0 Å². The van der Waals surface area contributed by atoms with E-state index in [2.05, 4.69) is 104 Å². The molecular formula is C36H57NO5S. The van der Waals surface area contributed by atoms with Gasteiger partial charge in [-0.3, -0.25) is 9.35 Å². The molecule has 0 saturated heterocycles. The highest BCUT2D eigenvalue weighted by Crippen LogP contribution is 2.06.